The summed E-state index contributed by atoms with van der Waals surface area (Å²) in [4.78, 5) is 8.22. The molecule has 3 heterocycles. The van der Waals surface area contributed by atoms with Crippen LogP contribution in [0.5, 0.6) is 0 Å². The van der Waals surface area contributed by atoms with Crippen LogP contribution in [0.25, 0.3) is 11.6 Å². The summed E-state index contributed by atoms with van der Waals surface area (Å²) in [5, 5.41) is 8.18. The van der Waals surface area contributed by atoms with Crippen molar-refractivity contribution in [1.29, 1.82) is 0 Å². The molecule has 2 N–H and O–H groups in total. The van der Waals surface area contributed by atoms with Crippen LogP contribution in [0.2, 0.25) is 0 Å². The van der Waals surface area contributed by atoms with Crippen molar-refractivity contribution in [1.82, 2.24) is 29.5 Å². The van der Waals surface area contributed by atoms with Crippen LogP contribution in [0.1, 0.15) is 0 Å². The fourth-order valence-corrected chi connectivity index (χ4v) is 1.48. The average molecular weight is 227 g/mol. The molecule has 0 fully saturated rings. The van der Waals surface area contributed by atoms with Crippen molar-refractivity contribution in [2.75, 3.05) is 5.73 Å². The molecule has 0 aliphatic heterocycles. The molecule has 0 atom stereocenters. The van der Waals surface area contributed by atoms with Gasteiger partial charge >= 0.3 is 0 Å². The summed E-state index contributed by atoms with van der Waals surface area (Å²) in [6, 6.07) is 5.38. The van der Waals surface area contributed by atoms with Gasteiger partial charge in [-0.1, -0.05) is 0 Å². The SMILES string of the molecule is Nc1nc(-n2cccn2)cc(-n2cccn2)n1. The first-order valence-electron chi connectivity index (χ1n) is 4.97. The molecule has 3 rings (SSSR count). The molecule has 7 heteroatoms. The second-order valence-corrected chi connectivity index (χ2v) is 3.34. The van der Waals surface area contributed by atoms with Crippen LogP contribution in [0.4, 0.5) is 5.95 Å². The van der Waals surface area contributed by atoms with Crippen LogP contribution in [0.3, 0.4) is 0 Å². The van der Waals surface area contributed by atoms with E-state index in [1.54, 1.807) is 40.2 Å². The number of nitrogens with zero attached hydrogens (tertiary/aromatic N) is 6. The molecule has 84 valence electrons. The Labute approximate surface area is 96.5 Å². The van der Waals surface area contributed by atoms with Gasteiger partial charge in [-0.2, -0.15) is 20.2 Å². The number of anilines is 1. The van der Waals surface area contributed by atoms with Crippen LogP contribution in [0.15, 0.2) is 43.0 Å². The molecule has 7 nitrogen and oxygen atoms in total. The number of nitrogen functional groups attached to an aromatic ring is 1. The van der Waals surface area contributed by atoms with Gasteiger partial charge in [0.15, 0.2) is 11.6 Å². The number of rotatable bonds is 2. The summed E-state index contributed by atoms with van der Waals surface area (Å²) in [5.41, 5.74) is 5.67. The van der Waals surface area contributed by atoms with Crippen LogP contribution in [-0.4, -0.2) is 29.5 Å². The molecule has 0 bridgehead atoms. The highest BCUT2D eigenvalue weighted by molar-refractivity contribution is 5.37. The van der Waals surface area contributed by atoms with Crippen molar-refractivity contribution < 1.29 is 0 Å². The summed E-state index contributed by atoms with van der Waals surface area (Å²) in [6.07, 6.45) is 6.92. The first-order valence-corrected chi connectivity index (χ1v) is 4.97. The maximum atomic E-state index is 5.67. The lowest BCUT2D eigenvalue weighted by atomic mass is 10.5. The number of hydrogen-bond donors (Lipinski definition) is 1. The fraction of sp³-hybridized carbons (Fsp3) is 0. The van der Waals surface area contributed by atoms with E-state index < -0.39 is 0 Å². The van der Waals surface area contributed by atoms with Gasteiger partial charge in [0.05, 0.1) is 0 Å². The van der Waals surface area contributed by atoms with E-state index in [1.165, 1.54) is 0 Å². The molecular formula is C10H9N7. The molecule has 17 heavy (non-hydrogen) atoms. The molecule has 0 radical (unpaired) electrons. The van der Waals surface area contributed by atoms with Crippen molar-refractivity contribution in [2.24, 2.45) is 0 Å². The van der Waals surface area contributed by atoms with Gasteiger partial charge in [0.1, 0.15) is 0 Å². The topological polar surface area (TPSA) is 87.4 Å². The van der Waals surface area contributed by atoms with E-state index in [4.69, 9.17) is 5.73 Å². The average Bonchev–Trinajstić information content (AvgIpc) is 3.02. The Morgan fingerprint density at radius 3 is 1.82 bits per heavy atom. The summed E-state index contributed by atoms with van der Waals surface area (Å²) in [6.45, 7) is 0. The minimum atomic E-state index is 0.184. The zero-order valence-electron chi connectivity index (χ0n) is 8.80. The molecular weight excluding hydrogens is 218 g/mol. The predicted molar refractivity (Wildman–Crippen MR) is 60.7 cm³/mol. The van der Waals surface area contributed by atoms with E-state index in [0.717, 1.165) is 0 Å². The molecule has 0 amide bonds. The molecule has 0 saturated carbocycles. The largest absolute Gasteiger partial charge is 0.368 e. The van der Waals surface area contributed by atoms with Gasteiger partial charge in [-0.15, -0.1) is 0 Å². The van der Waals surface area contributed by atoms with E-state index in [2.05, 4.69) is 20.2 Å². The number of nitrogens with two attached hydrogens (primary N) is 1. The highest BCUT2D eigenvalue weighted by Crippen LogP contribution is 2.10. The second kappa shape index (κ2) is 3.71. The van der Waals surface area contributed by atoms with Gasteiger partial charge in [0, 0.05) is 30.9 Å². The molecule has 0 spiro atoms. The lowest BCUT2D eigenvalue weighted by molar-refractivity contribution is 0.808. The first kappa shape index (κ1) is 9.52. The Bertz CT molecular complexity index is 560. The smallest absolute Gasteiger partial charge is 0.224 e. The summed E-state index contributed by atoms with van der Waals surface area (Å²) < 4.78 is 3.23. The van der Waals surface area contributed by atoms with Crippen molar-refractivity contribution in [3.8, 4) is 11.6 Å². The minimum Gasteiger partial charge on any atom is -0.368 e. The Morgan fingerprint density at radius 1 is 0.882 bits per heavy atom. The summed E-state index contributed by atoms with van der Waals surface area (Å²) in [5.74, 6) is 1.39. The standard InChI is InChI=1S/C10H9N7/c11-10-14-8(16-5-1-3-12-16)7-9(15-10)17-6-2-4-13-17/h1-7H,(H2,11,14,15). The third-order valence-corrected chi connectivity index (χ3v) is 2.19. The maximum Gasteiger partial charge on any atom is 0.224 e. The highest BCUT2D eigenvalue weighted by Gasteiger charge is 2.06. The third kappa shape index (κ3) is 1.73. The van der Waals surface area contributed by atoms with Crippen LogP contribution >= 0.6 is 0 Å². The summed E-state index contributed by atoms with van der Waals surface area (Å²) in [7, 11) is 0. The second-order valence-electron chi connectivity index (χ2n) is 3.34. The van der Waals surface area contributed by atoms with Crippen molar-refractivity contribution in [2.45, 2.75) is 0 Å². The zero-order chi connectivity index (χ0) is 11.7. The van der Waals surface area contributed by atoms with Crippen molar-refractivity contribution >= 4 is 5.95 Å². The van der Waals surface area contributed by atoms with Gasteiger partial charge < -0.3 is 5.73 Å². The Kier molecular flexibility index (Phi) is 2.08. The molecule has 0 aliphatic rings. The van der Waals surface area contributed by atoms with Crippen molar-refractivity contribution in [3.63, 3.8) is 0 Å². The van der Waals surface area contributed by atoms with Crippen LogP contribution in [-0.2, 0) is 0 Å². The Hall–Kier alpha value is -2.70. The van der Waals surface area contributed by atoms with Crippen LogP contribution in [0, 0.1) is 0 Å². The van der Waals surface area contributed by atoms with E-state index in [-0.39, 0.29) is 5.95 Å². The first-order chi connectivity index (χ1) is 8.33. The number of hydrogen-bond acceptors (Lipinski definition) is 5. The monoisotopic (exact) mass is 227 g/mol. The maximum absolute atomic E-state index is 5.67. The van der Waals surface area contributed by atoms with E-state index in [1.807, 2.05) is 12.1 Å². The van der Waals surface area contributed by atoms with E-state index in [9.17, 15) is 0 Å². The van der Waals surface area contributed by atoms with Gasteiger partial charge in [-0.3, -0.25) is 0 Å². The molecule has 0 unspecified atom stereocenters. The Balaban J connectivity index is 2.13. The van der Waals surface area contributed by atoms with Gasteiger partial charge in [0.2, 0.25) is 5.95 Å². The van der Waals surface area contributed by atoms with Gasteiger partial charge in [-0.25, -0.2) is 9.36 Å². The third-order valence-electron chi connectivity index (χ3n) is 2.19. The quantitative estimate of drug-likeness (QED) is 0.686. The van der Waals surface area contributed by atoms with Gasteiger partial charge in [0.25, 0.3) is 0 Å². The molecule has 3 aromatic heterocycles. The lowest BCUT2D eigenvalue weighted by Crippen LogP contribution is -2.07. The predicted octanol–water partition coefficient (Wildman–Crippen LogP) is 0.430. The molecule has 0 aliphatic carbocycles. The zero-order valence-corrected chi connectivity index (χ0v) is 8.80. The molecule has 0 saturated heterocycles. The number of aromatic nitrogens is 6. The van der Waals surface area contributed by atoms with Gasteiger partial charge in [-0.05, 0) is 12.1 Å². The minimum absolute atomic E-state index is 0.184. The van der Waals surface area contributed by atoms with Crippen LogP contribution < -0.4 is 5.73 Å². The lowest BCUT2D eigenvalue weighted by Gasteiger charge is -2.05. The van der Waals surface area contributed by atoms with E-state index in [0.29, 0.717) is 11.6 Å². The summed E-state index contributed by atoms with van der Waals surface area (Å²) >= 11 is 0. The highest BCUT2D eigenvalue weighted by atomic mass is 15.3. The van der Waals surface area contributed by atoms with E-state index >= 15 is 0 Å². The fourth-order valence-electron chi connectivity index (χ4n) is 1.48. The molecule has 3 aromatic rings. The Morgan fingerprint density at radius 2 is 1.41 bits per heavy atom. The van der Waals surface area contributed by atoms with Crippen molar-refractivity contribution in [3.05, 3.63) is 43.0 Å². The molecule has 0 aromatic carbocycles. The normalized spacial score (nSPS) is 10.6.